The molecule has 5 nitrogen and oxygen atoms in total. The van der Waals surface area contributed by atoms with E-state index in [0.717, 1.165) is 5.56 Å². The monoisotopic (exact) mass is 294 g/mol. The quantitative estimate of drug-likeness (QED) is 0.687. The van der Waals surface area contributed by atoms with Crippen molar-refractivity contribution in [3.8, 4) is 0 Å². The fourth-order valence-corrected chi connectivity index (χ4v) is 2.22. The maximum atomic E-state index is 12.0. The summed E-state index contributed by atoms with van der Waals surface area (Å²) in [6, 6.07) is 9.32. The van der Waals surface area contributed by atoms with Crippen LogP contribution < -0.4 is 10.6 Å². The van der Waals surface area contributed by atoms with Gasteiger partial charge in [0, 0.05) is 13.7 Å². The van der Waals surface area contributed by atoms with E-state index >= 15 is 0 Å². The molecule has 0 aliphatic carbocycles. The van der Waals surface area contributed by atoms with E-state index < -0.39 is 0 Å². The molecule has 0 aliphatic heterocycles. The highest BCUT2D eigenvalue weighted by Gasteiger charge is 2.15. The van der Waals surface area contributed by atoms with Gasteiger partial charge in [-0.25, -0.2) is 4.79 Å². The van der Waals surface area contributed by atoms with Crippen LogP contribution in [0.15, 0.2) is 30.3 Å². The number of aliphatic hydroxyl groups is 1. The lowest BCUT2D eigenvalue weighted by Gasteiger charge is -2.20. The van der Waals surface area contributed by atoms with Crippen molar-refractivity contribution < 1.29 is 14.6 Å². The van der Waals surface area contributed by atoms with Crippen molar-refractivity contribution in [3.05, 3.63) is 35.9 Å². The Hall–Kier alpha value is -1.59. The summed E-state index contributed by atoms with van der Waals surface area (Å²) in [5.41, 5.74) is 1.01. The van der Waals surface area contributed by atoms with E-state index in [0.29, 0.717) is 19.6 Å². The smallest absolute Gasteiger partial charge is 0.315 e. The standard InChI is InChI=1S/C16H26N2O3/c1-12(9-13(2)19)10-17-16(20)18-15(11-21-3)14-7-5-4-6-8-14/h4-8,12-13,15,19H,9-11H2,1-3H3,(H2,17,18,20). The number of amides is 2. The van der Waals surface area contributed by atoms with Crippen molar-refractivity contribution in [3.63, 3.8) is 0 Å². The number of hydrogen-bond acceptors (Lipinski definition) is 3. The summed E-state index contributed by atoms with van der Waals surface area (Å²) in [4.78, 5) is 12.0. The van der Waals surface area contributed by atoms with Crippen LogP contribution in [-0.4, -0.2) is 37.5 Å². The minimum Gasteiger partial charge on any atom is -0.393 e. The molecule has 0 spiro atoms. The van der Waals surface area contributed by atoms with E-state index in [-0.39, 0.29) is 24.1 Å². The predicted molar refractivity (Wildman–Crippen MR) is 83.1 cm³/mol. The lowest BCUT2D eigenvalue weighted by atomic mass is 10.1. The Morgan fingerprint density at radius 3 is 2.52 bits per heavy atom. The molecule has 2 amide bonds. The average Bonchev–Trinajstić information content (AvgIpc) is 2.45. The molecule has 1 aromatic carbocycles. The first-order chi connectivity index (χ1) is 10.0. The number of ether oxygens (including phenoxy) is 1. The van der Waals surface area contributed by atoms with Gasteiger partial charge in [-0.1, -0.05) is 37.3 Å². The largest absolute Gasteiger partial charge is 0.393 e. The van der Waals surface area contributed by atoms with Crippen molar-refractivity contribution in [2.45, 2.75) is 32.4 Å². The van der Waals surface area contributed by atoms with E-state index in [1.165, 1.54) is 0 Å². The van der Waals surface area contributed by atoms with Crippen LogP contribution in [0.2, 0.25) is 0 Å². The van der Waals surface area contributed by atoms with E-state index in [1.54, 1.807) is 14.0 Å². The molecular weight excluding hydrogens is 268 g/mol. The van der Waals surface area contributed by atoms with Crippen LogP contribution in [0, 0.1) is 5.92 Å². The Morgan fingerprint density at radius 1 is 1.29 bits per heavy atom. The third-order valence-corrected chi connectivity index (χ3v) is 3.20. The molecule has 3 unspecified atom stereocenters. The van der Waals surface area contributed by atoms with Crippen LogP contribution >= 0.6 is 0 Å². The maximum absolute atomic E-state index is 12.0. The van der Waals surface area contributed by atoms with Crippen LogP contribution in [0.5, 0.6) is 0 Å². The summed E-state index contributed by atoms with van der Waals surface area (Å²) < 4.78 is 5.16. The number of hydrogen-bond donors (Lipinski definition) is 3. The predicted octanol–water partition coefficient (Wildman–Crippen LogP) is 2.08. The van der Waals surface area contributed by atoms with Crippen LogP contribution in [-0.2, 0) is 4.74 Å². The number of carbonyl (C=O) groups is 1. The highest BCUT2D eigenvalue weighted by atomic mass is 16.5. The number of rotatable bonds is 8. The van der Waals surface area contributed by atoms with Gasteiger partial charge in [-0.2, -0.15) is 0 Å². The number of methoxy groups -OCH3 is 1. The zero-order valence-corrected chi connectivity index (χ0v) is 13.0. The first kappa shape index (κ1) is 17.5. The second-order valence-electron chi connectivity index (χ2n) is 5.46. The van der Waals surface area contributed by atoms with Crippen molar-refractivity contribution in [2.24, 2.45) is 5.92 Å². The average molecular weight is 294 g/mol. The van der Waals surface area contributed by atoms with Gasteiger partial charge >= 0.3 is 6.03 Å². The Balaban J connectivity index is 2.46. The normalized spacial score (nSPS) is 15.0. The van der Waals surface area contributed by atoms with E-state index in [2.05, 4.69) is 10.6 Å². The minimum absolute atomic E-state index is 0.178. The summed E-state index contributed by atoms with van der Waals surface area (Å²) in [6.45, 7) is 4.70. The highest BCUT2D eigenvalue weighted by molar-refractivity contribution is 5.74. The Labute approximate surface area is 126 Å². The number of benzene rings is 1. The summed E-state index contributed by atoms with van der Waals surface area (Å²) >= 11 is 0. The number of nitrogens with one attached hydrogen (secondary N) is 2. The van der Waals surface area contributed by atoms with E-state index in [9.17, 15) is 9.90 Å². The third kappa shape index (κ3) is 7.11. The lowest BCUT2D eigenvalue weighted by molar-refractivity contribution is 0.159. The fraction of sp³-hybridized carbons (Fsp3) is 0.562. The van der Waals surface area contributed by atoms with Gasteiger partial charge in [0.2, 0.25) is 0 Å². The van der Waals surface area contributed by atoms with Gasteiger partial charge in [-0.15, -0.1) is 0 Å². The van der Waals surface area contributed by atoms with Crippen LogP contribution in [0.1, 0.15) is 31.9 Å². The SMILES string of the molecule is COCC(NC(=O)NCC(C)CC(C)O)c1ccccc1. The Morgan fingerprint density at radius 2 is 1.95 bits per heavy atom. The Bertz CT molecular complexity index is 409. The second kappa shape index (κ2) is 9.37. The molecule has 5 heteroatoms. The molecule has 0 aliphatic rings. The molecule has 0 radical (unpaired) electrons. The summed E-state index contributed by atoms with van der Waals surface area (Å²) in [5, 5.41) is 15.0. The first-order valence-electron chi connectivity index (χ1n) is 7.29. The number of urea groups is 1. The lowest BCUT2D eigenvalue weighted by Crippen LogP contribution is -2.41. The molecule has 1 rings (SSSR count). The maximum Gasteiger partial charge on any atom is 0.315 e. The molecule has 0 saturated carbocycles. The van der Waals surface area contributed by atoms with Gasteiger partial charge in [0.1, 0.15) is 0 Å². The van der Waals surface area contributed by atoms with Gasteiger partial charge in [-0.3, -0.25) is 0 Å². The topological polar surface area (TPSA) is 70.6 Å². The van der Waals surface area contributed by atoms with E-state index in [4.69, 9.17) is 4.74 Å². The van der Waals surface area contributed by atoms with Gasteiger partial charge < -0.3 is 20.5 Å². The summed E-state index contributed by atoms with van der Waals surface area (Å²) in [5.74, 6) is 0.230. The molecule has 0 heterocycles. The molecule has 118 valence electrons. The zero-order chi connectivity index (χ0) is 15.7. The van der Waals surface area contributed by atoms with Crippen molar-refractivity contribution >= 4 is 6.03 Å². The fourth-order valence-electron chi connectivity index (χ4n) is 2.22. The molecule has 0 fully saturated rings. The molecule has 21 heavy (non-hydrogen) atoms. The van der Waals surface area contributed by atoms with Crippen LogP contribution in [0.3, 0.4) is 0 Å². The van der Waals surface area contributed by atoms with Gasteiger partial charge in [0.05, 0.1) is 18.8 Å². The first-order valence-corrected chi connectivity index (χ1v) is 7.29. The third-order valence-electron chi connectivity index (χ3n) is 3.20. The van der Waals surface area contributed by atoms with Crippen molar-refractivity contribution in [1.82, 2.24) is 10.6 Å². The molecular formula is C16H26N2O3. The van der Waals surface area contributed by atoms with E-state index in [1.807, 2.05) is 37.3 Å². The number of carbonyl (C=O) groups excluding carboxylic acids is 1. The molecule has 0 saturated heterocycles. The molecule has 3 N–H and O–H groups in total. The summed E-state index contributed by atoms with van der Waals surface area (Å²) in [7, 11) is 1.61. The molecule has 3 atom stereocenters. The molecule has 0 bridgehead atoms. The van der Waals surface area contributed by atoms with Crippen molar-refractivity contribution in [2.75, 3.05) is 20.3 Å². The van der Waals surface area contributed by atoms with Gasteiger partial charge in [0.15, 0.2) is 0 Å². The molecule has 1 aromatic rings. The van der Waals surface area contributed by atoms with Crippen molar-refractivity contribution in [1.29, 1.82) is 0 Å². The minimum atomic E-state index is -0.351. The van der Waals surface area contributed by atoms with Crippen LogP contribution in [0.25, 0.3) is 0 Å². The number of aliphatic hydroxyl groups excluding tert-OH is 1. The second-order valence-corrected chi connectivity index (χ2v) is 5.46. The zero-order valence-electron chi connectivity index (χ0n) is 13.0. The van der Waals surface area contributed by atoms with Gasteiger partial charge in [0.25, 0.3) is 0 Å². The molecule has 0 aromatic heterocycles. The summed E-state index contributed by atoms with van der Waals surface area (Å²) in [6.07, 6.45) is 0.316. The van der Waals surface area contributed by atoms with Gasteiger partial charge in [-0.05, 0) is 24.8 Å². The van der Waals surface area contributed by atoms with Crippen LogP contribution in [0.4, 0.5) is 4.79 Å². The Kier molecular flexibility index (Phi) is 7.79. The highest BCUT2D eigenvalue weighted by Crippen LogP contribution is 2.12.